The number of halogens is 2. The van der Waals surface area contributed by atoms with Gasteiger partial charge in [0.15, 0.2) is 0 Å². The fourth-order valence-electron chi connectivity index (χ4n) is 5.40. The molecule has 3 N–H and O–H groups in total. The highest BCUT2D eigenvalue weighted by Gasteiger charge is 2.57. The molecule has 1 aromatic heterocycles. The predicted molar refractivity (Wildman–Crippen MR) is 172 cm³/mol. The van der Waals surface area contributed by atoms with Crippen molar-refractivity contribution in [2.45, 2.75) is 27.6 Å². The number of amides is 3. The zero-order valence-corrected chi connectivity index (χ0v) is 26.9. The van der Waals surface area contributed by atoms with Crippen LogP contribution < -0.4 is 20.2 Å². The van der Waals surface area contributed by atoms with Crippen molar-refractivity contribution in [3.05, 3.63) is 107 Å². The topological polar surface area (TPSA) is 192 Å². The number of carbonyl (C=O) groups excluding carboxylic acids is 3. The van der Waals surface area contributed by atoms with Crippen LogP contribution in [0.25, 0.3) is 0 Å². The number of thiazole rings is 1. The number of rotatable bonds is 7. The summed E-state index contributed by atoms with van der Waals surface area (Å²) in [5.41, 5.74) is 0.578. The molecule has 0 saturated carbocycles. The third kappa shape index (κ3) is 5.61. The fraction of sp³-hybridized carbons (Fsp3) is 0.143. The van der Waals surface area contributed by atoms with Crippen LogP contribution in [0.15, 0.2) is 81.4 Å². The van der Waals surface area contributed by atoms with Crippen molar-refractivity contribution in [2.75, 3.05) is 10.2 Å². The van der Waals surface area contributed by atoms with Crippen molar-refractivity contribution >= 4 is 91.1 Å². The first-order chi connectivity index (χ1) is 21.8. The quantitative estimate of drug-likeness (QED) is 0.160. The van der Waals surface area contributed by atoms with Crippen molar-refractivity contribution in [1.29, 1.82) is 0 Å². The molecular formula is C28H19Cl2N5O8S3. The number of nitro benzene ring substituents is 1. The van der Waals surface area contributed by atoms with E-state index in [4.69, 9.17) is 28.3 Å². The highest BCUT2D eigenvalue weighted by Crippen LogP contribution is 2.55. The van der Waals surface area contributed by atoms with Crippen molar-refractivity contribution in [2.24, 2.45) is 11.1 Å². The van der Waals surface area contributed by atoms with Gasteiger partial charge in [0.1, 0.15) is 11.8 Å². The Morgan fingerprint density at radius 1 is 1.00 bits per heavy atom. The van der Waals surface area contributed by atoms with Crippen LogP contribution in [0, 0.1) is 16.0 Å². The van der Waals surface area contributed by atoms with E-state index in [2.05, 4.69) is 5.32 Å². The molecule has 46 heavy (non-hydrogen) atoms. The standard InChI is InChI=1S/C28H19Cl2N5O8S3/c29-18-3-1-2-17(22(18)30)20-21-23(26(38)34(25(21)37)14-6-8-15(9-7-14)35(40)41)44-27-24(20)45-28(39)33(27)12-19(36)32-13-4-10-16(11-5-13)46(31,42)43/h1-11,20-21,23H,12H2,(H,32,36)(H2,31,42,43)/t20-,21-,23+/m0/s1. The van der Waals surface area contributed by atoms with E-state index in [1.54, 1.807) is 18.2 Å². The van der Waals surface area contributed by atoms with Crippen LogP contribution in [-0.2, 0) is 31.0 Å². The average Bonchev–Trinajstić information content (AvgIpc) is 3.44. The van der Waals surface area contributed by atoms with Gasteiger partial charge in [0, 0.05) is 28.6 Å². The normalized spacial score (nSPS) is 19.1. The van der Waals surface area contributed by atoms with Crippen molar-refractivity contribution in [1.82, 2.24) is 4.57 Å². The summed E-state index contributed by atoms with van der Waals surface area (Å²) in [7, 11) is -3.94. The number of nitrogens with one attached hydrogen (secondary N) is 1. The van der Waals surface area contributed by atoms with Crippen LogP contribution in [0.5, 0.6) is 0 Å². The zero-order valence-electron chi connectivity index (χ0n) is 23.0. The summed E-state index contributed by atoms with van der Waals surface area (Å²) in [5, 5.41) is 18.5. The smallest absolute Gasteiger partial charge is 0.308 e. The van der Waals surface area contributed by atoms with Crippen LogP contribution in [0.4, 0.5) is 17.1 Å². The minimum absolute atomic E-state index is 0.132. The lowest BCUT2D eigenvalue weighted by Crippen LogP contribution is -2.33. The number of hydrogen-bond donors (Lipinski definition) is 2. The molecule has 2 aliphatic heterocycles. The van der Waals surface area contributed by atoms with Crippen molar-refractivity contribution < 1.29 is 27.7 Å². The summed E-state index contributed by atoms with van der Waals surface area (Å²) in [4.78, 5) is 65.6. The molecular weight excluding hydrogens is 701 g/mol. The summed E-state index contributed by atoms with van der Waals surface area (Å²) in [6.07, 6.45) is 0. The number of fused-ring (bicyclic) bond motifs is 2. The lowest BCUT2D eigenvalue weighted by atomic mass is 9.83. The molecule has 0 aliphatic carbocycles. The van der Waals surface area contributed by atoms with E-state index < -0.39 is 61.2 Å². The second-order valence-electron chi connectivity index (χ2n) is 10.2. The molecule has 0 unspecified atom stereocenters. The number of carbonyl (C=O) groups is 3. The van der Waals surface area contributed by atoms with Gasteiger partial charge in [-0.05, 0) is 48.0 Å². The first kappa shape index (κ1) is 31.9. The van der Waals surface area contributed by atoms with Gasteiger partial charge in [-0.15, -0.1) is 0 Å². The number of imide groups is 1. The molecule has 3 atom stereocenters. The van der Waals surface area contributed by atoms with Gasteiger partial charge in [0.05, 0.1) is 36.5 Å². The van der Waals surface area contributed by atoms with Gasteiger partial charge in [0.2, 0.25) is 27.7 Å². The van der Waals surface area contributed by atoms with Crippen LogP contribution in [-0.4, -0.2) is 40.9 Å². The maximum absolute atomic E-state index is 14.0. The predicted octanol–water partition coefficient (Wildman–Crippen LogP) is 4.21. The fourth-order valence-corrected chi connectivity index (χ4v) is 9.11. The second-order valence-corrected chi connectivity index (χ2v) is 14.7. The minimum Gasteiger partial charge on any atom is -0.325 e. The lowest BCUT2D eigenvalue weighted by Gasteiger charge is -2.31. The van der Waals surface area contributed by atoms with Gasteiger partial charge < -0.3 is 5.32 Å². The van der Waals surface area contributed by atoms with Gasteiger partial charge in [-0.3, -0.25) is 33.9 Å². The number of benzene rings is 3. The summed E-state index contributed by atoms with van der Waals surface area (Å²) in [5.74, 6) is -3.72. The number of sulfonamides is 1. The SMILES string of the molecule is NS(=O)(=O)c1ccc(NC(=O)Cn2c3c(sc2=O)[C@@H](c2cccc(Cl)c2Cl)[C@@H]2C(=O)N(c4ccc([N+](=O)[O-])cc4)C(=O)[C@@H]2S3)cc1. The van der Waals surface area contributed by atoms with E-state index in [1.807, 2.05) is 0 Å². The Bertz CT molecular complexity index is 2120. The number of anilines is 2. The maximum Gasteiger partial charge on any atom is 0.308 e. The lowest BCUT2D eigenvalue weighted by molar-refractivity contribution is -0.384. The molecule has 3 amide bonds. The highest BCUT2D eigenvalue weighted by atomic mass is 35.5. The number of non-ortho nitro benzene ring substituents is 1. The average molecular weight is 721 g/mol. The van der Waals surface area contributed by atoms with E-state index in [0.717, 1.165) is 28.0 Å². The van der Waals surface area contributed by atoms with Crippen molar-refractivity contribution in [3.63, 3.8) is 0 Å². The zero-order chi connectivity index (χ0) is 33.1. The van der Waals surface area contributed by atoms with Crippen molar-refractivity contribution in [3.8, 4) is 0 Å². The molecule has 0 bridgehead atoms. The van der Waals surface area contributed by atoms with Crippen LogP contribution in [0.1, 0.15) is 16.4 Å². The molecule has 0 spiro atoms. The Labute approximate surface area is 278 Å². The number of aromatic nitrogens is 1. The molecule has 2 aliphatic rings. The summed E-state index contributed by atoms with van der Waals surface area (Å²) >= 11 is 14.7. The third-order valence-corrected chi connectivity index (χ3v) is 11.8. The number of primary sulfonamides is 1. The Morgan fingerprint density at radius 2 is 1.67 bits per heavy atom. The molecule has 13 nitrogen and oxygen atoms in total. The molecule has 18 heteroatoms. The Balaban J connectivity index is 1.38. The Morgan fingerprint density at radius 3 is 2.30 bits per heavy atom. The summed E-state index contributed by atoms with van der Waals surface area (Å²) in [6.45, 7) is -0.462. The molecule has 1 saturated heterocycles. The van der Waals surface area contributed by atoms with Gasteiger partial charge in [-0.2, -0.15) is 0 Å². The van der Waals surface area contributed by atoms with E-state index in [1.165, 1.54) is 53.1 Å². The molecule has 4 aromatic rings. The van der Waals surface area contributed by atoms with Crippen LogP contribution in [0.2, 0.25) is 10.0 Å². The molecule has 6 rings (SSSR count). The third-order valence-electron chi connectivity index (χ3n) is 7.45. The number of nitro groups is 1. The number of thioether (sulfide) groups is 1. The Kier molecular flexibility index (Phi) is 8.28. The summed E-state index contributed by atoms with van der Waals surface area (Å²) < 4.78 is 24.3. The largest absolute Gasteiger partial charge is 0.325 e. The first-order valence-corrected chi connectivity index (χ1v) is 17.1. The second kappa shape index (κ2) is 11.9. The first-order valence-electron chi connectivity index (χ1n) is 13.2. The highest BCUT2D eigenvalue weighted by molar-refractivity contribution is 8.00. The molecule has 0 radical (unpaired) electrons. The van der Waals surface area contributed by atoms with E-state index in [0.29, 0.717) is 15.5 Å². The Hall–Kier alpha value is -4.06. The van der Waals surface area contributed by atoms with Crippen LogP contribution in [0.3, 0.4) is 0 Å². The molecule has 1 fully saturated rings. The monoisotopic (exact) mass is 719 g/mol. The summed E-state index contributed by atoms with van der Waals surface area (Å²) in [6, 6.07) is 14.9. The molecule has 3 aromatic carbocycles. The van der Waals surface area contributed by atoms with Gasteiger partial charge in [-0.25, -0.2) is 18.5 Å². The number of nitrogens with two attached hydrogens (primary N) is 1. The minimum atomic E-state index is -3.94. The number of nitrogens with zero attached hydrogens (tertiary/aromatic N) is 3. The van der Waals surface area contributed by atoms with E-state index >= 15 is 0 Å². The van der Waals surface area contributed by atoms with Crippen LogP contribution >= 0.6 is 46.3 Å². The van der Waals surface area contributed by atoms with Gasteiger partial charge in [-0.1, -0.05) is 58.4 Å². The number of hydrogen-bond acceptors (Lipinski definition) is 10. The molecule has 3 heterocycles. The van der Waals surface area contributed by atoms with E-state index in [-0.39, 0.29) is 32.0 Å². The molecule has 236 valence electrons. The maximum atomic E-state index is 14.0. The van der Waals surface area contributed by atoms with Gasteiger partial charge in [0.25, 0.3) is 5.69 Å². The van der Waals surface area contributed by atoms with E-state index in [9.17, 15) is 37.7 Å². The van der Waals surface area contributed by atoms with Gasteiger partial charge >= 0.3 is 4.87 Å².